The van der Waals surface area contributed by atoms with Crippen molar-refractivity contribution in [1.82, 2.24) is 10.9 Å². The van der Waals surface area contributed by atoms with Crippen molar-refractivity contribution in [2.24, 2.45) is 17.2 Å². The summed E-state index contributed by atoms with van der Waals surface area (Å²) in [7, 11) is 0. The van der Waals surface area contributed by atoms with Gasteiger partial charge in [-0.15, -0.1) is 0 Å². The Bertz CT molecular complexity index is 128. The van der Waals surface area contributed by atoms with Crippen molar-refractivity contribution in [2.75, 3.05) is 0 Å². The first kappa shape index (κ1) is 5.20. The molecule has 0 bridgehead atoms. The number of rotatable bonds is 0. The monoisotopic (exact) mass is 115 g/mol. The molecule has 1 atom stereocenters. The maximum atomic E-state index is 5.33. The molecule has 8 N–H and O–H groups in total. The number of nitrogens with one attached hydrogen (secondary N) is 2. The van der Waals surface area contributed by atoms with Crippen LogP contribution in [0.3, 0.4) is 0 Å². The van der Waals surface area contributed by atoms with Crippen molar-refractivity contribution in [3.8, 4) is 0 Å². The molecule has 0 aromatic heterocycles. The average molecular weight is 115 g/mol. The quantitative estimate of drug-likeness (QED) is 0.239. The van der Waals surface area contributed by atoms with Gasteiger partial charge < -0.3 is 22.6 Å². The Hall–Kier alpha value is -0.940. The first-order valence-electron chi connectivity index (χ1n) is 2.24. The SMILES string of the molecule is NC1=C(N)C(N)NN1. The number of nitrogens with two attached hydrogens (primary N) is 3. The lowest BCUT2D eigenvalue weighted by atomic mass is 10.4. The molecule has 1 unspecified atom stereocenters. The maximum Gasteiger partial charge on any atom is 0.133 e. The lowest BCUT2D eigenvalue weighted by molar-refractivity contribution is 0.576. The zero-order chi connectivity index (χ0) is 6.15. The van der Waals surface area contributed by atoms with Gasteiger partial charge in [-0.3, -0.25) is 0 Å². The summed E-state index contributed by atoms with van der Waals surface area (Å²) < 4.78 is 0. The molecule has 0 amide bonds. The summed E-state index contributed by atoms with van der Waals surface area (Å²) in [6.45, 7) is 0. The lowest BCUT2D eigenvalue weighted by Gasteiger charge is -2.00. The zero-order valence-electron chi connectivity index (χ0n) is 4.31. The topological polar surface area (TPSA) is 102 Å². The van der Waals surface area contributed by atoms with E-state index in [1.165, 1.54) is 0 Å². The molecule has 5 heteroatoms. The molecular weight excluding hydrogens is 106 g/mol. The second-order valence-corrected chi connectivity index (χ2v) is 1.62. The molecule has 5 nitrogen and oxygen atoms in total. The van der Waals surface area contributed by atoms with Crippen molar-refractivity contribution < 1.29 is 0 Å². The molecule has 0 saturated heterocycles. The molecular formula is C3H9N5. The van der Waals surface area contributed by atoms with Crippen LogP contribution in [-0.4, -0.2) is 6.17 Å². The predicted molar refractivity (Wildman–Crippen MR) is 29.6 cm³/mol. The van der Waals surface area contributed by atoms with Gasteiger partial charge in [0.2, 0.25) is 0 Å². The van der Waals surface area contributed by atoms with E-state index in [9.17, 15) is 0 Å². The van der Waals surface area contributed by atoms with E-state index in [2.05, 4.69) is 10.9 Å². The normalized spacial score (nSPS) is 28.4. The highest BCUT2D eigenvalue weighted by Gasteiger charge is 2.14. The summed E-state index contributed by atoms with van der Waals surface area (Å²) in [5, 5.41) is 0. The average Bonchev–Trinajstić information content (AvgIpc) is 1.98. The maximum absolute atomic E-state index is 5.33. The molecule has 1 aliphatic rings. The number of hydrogen-bond donors (Lipinski definition) is 5. The van der Waals surface area contributed by atoms with Crippen LogP contribution in [0.4, 0.5) is 0 Å². The van der Waals surface area contributed by atoms with Gasteiger partial charge in [-0.25, -0.2) is 5.43 Å². The third kappa shape index (κ3) is 0.573. The molecule has 0 aromatic carbocycles. The third-order valence-electron chi connectivity index (χ3n) is 1.01. The van der Waals surface area contributed by atoms with Crippen molar-refractivity contribution >= 4 is 0 Å². The Balaban J connectivity index is 2.71. The van der Waals surface area contributed by atoms with E-state index in [-0.39, 0.29) is 6.17 Å². The van der Waals surface area contributed by atoms with Crippen LogP contribution >= 0.6 is 0 Å². The van der Waals surface area contributed by atoms with E-state index in [1.807, 2.05) is 0 Å². The van der Waals surface area contributed by atoms with Gasteiger partial charge in [0.15, 0.2) is 0 Å². The van der Waals surface area contributed by atoms with Crippen LogP contribution in [0.15, 0.2) is 11.5 Å². The zero-order valence-corrected chi connectivity index (χ0v) is 4.31. The van der Waals surface area contributed by atoms with Gasteiger partial charge in [0, 0.05) is 0 Å². The van der Waals surface area contributed by atoms with Crippen molar-refractivity contribution in [3.05, 3.63) is 11.5 Å². The standard InChI is InChI=1S/C3H9N5/c4-1-2(5)7-8-3(1)6/h2,7-8H,4-6H2. The van der Waals surface area contributed by atoms with Crippen LogP contribution in [-0.2, 0) is 0 Å². The Labute approximate surface area is 46.9 Å². The summed E-state index contributed by atoms with van der Waals surface area (Å²) in [5.41, 5.74) is 21.6. The Morgan fingerprint density at radius 2 is 2.00 bits per heavy atom. The summed E-state index contributed by atoms with van der Waals surface area (Å²) in [4.78, 5) is 0. The highest BCUT2D eigenvalue weighted by atomic mass is 15.5. The lowest BCUT2D eigenvalue weighted by Crippen LogP contribution is -2.41. The van der Waals surface area contributed by atoms with Gasteiger partial charge in [0.25, 0.3) is 0 Å². The van der Waals surface area contributed by atoms with E-state index in [0.29, 0.717) is 11.5 Å². The van der Waals surface area contributed by atoms with E-state index >= 15 is 0 Å². The number of hydrogen-bond acceptors (Lipinski definition) is 5. The van der Waals surface area contributed by atoms with Gasteiger partial charge in [-0.05, 0) is 0 Å². The van der Waals surface area contributed by atoms with Crippen LogP contribution in [0.1, 0.15) is 0 Å². The van der Waals surface area contributed by atoms with Crippen LogP contribution in [0, 0.1) is 0 Å². The molecule has 46 valence electrons. The van der Waals surface area contributed by atoms with Crippen LogP contribution in [0.5, 0.6) is 0 Å². The Kier molecular flexibility index (Phi) is 0.997. The molecule has 1 heterocycles. The summed E-state index contributed by atoms with van der Waals surface area (Å²) >= 11 is 0. The van der Waals surface area contributed by atoms with E-state index in [1.54, 1.807) is 0 Å². The first-order valence-corrected chi connectivity index (χ1v) is 2.24. The van der Waals surface area contributed by atoms with Crippen LogP contribution in [0.25, 0.3) is 0 Å². The summed E-state index contributed by atoms with van der Waals surface area (Å²) in [6.07, 6.45) is -0.338. The molecule has 0 radical (unpaired) electrons. The highest BCUT2D eigenvalue weighted by Crippen LogP contribution is 1.94. The van der Waals surface area contributed by atoms with E-state index < -0.39 is 0 Å². The smallest absolute Gasteiger partial charge is 0.133 e. The fraction of sp³-hybridized carbons (Fsp3) is 0.333. The minimum atomic E-state index is -0.338. The van der Waals surface area contributed by atoms with E-state index in [0.717, 1.165) is 0 Å². The highest BCUT2D eigenvalue weighted by molar-refractivity contribution is 5.14. The van der Waals surface area contributed by atoms with Gasteiger partial charge in [0.05, 0.1) is 5.70 Å². The summed E-state index contributed by atoms with van der Waals surface area (Å²) in [6, 6.07) is 0. The van der Waals surface area contributed by atoms with Crippen LogP contribution in [0.2, 0.25) is 0 Å². The summed E-state index contributed by atoms with van der Waals surface area (Å²) in [5.74, 6) is 0.414. The second-order valence-electron chi connectivity index (χ2n) is 1.62. The van der Waals surface area contributed by atoms with Gasteiger partial charge in [-0.2, -0.15) is 0 Å². The molecule has 0 aromatic rings. The molecule has 1 aliphatic heterocycles. The van der Waals surface area contributed by atoms with Gasteiger partial charge in [-0.1, -0.05) is 0 Å². The molecule has 0 spiro atoms. The van der Waals surface area contributed by atoms with Gasteiger partial charge in [0.1, 0.15) is 12.0 Å². The van der Waals surface area contributed by atoms with Crippen LogP contribution < -0.4 is 28.1 Å². The number of hydrazine groups is 1. The van der Waals surface area contributed by atoms with Crippen molar-refractivity contribution in [3.63, 3.8) is 0 Å². The van der Waals surface area contributed by atoms with Gasteiger partial charge >= 0.3 is 0 Å². The third-order valence-corrected chi connectivity index (χ3v) is 1.01. The molecule has 0 saturated carbocycles. The molecule has 0 aliphatic carbocycles. The van der Waals surface area contributed by atoms with Crippen molar-refractivity contribution in [2.45, 2.75) is 6.17 Å². The largest absolute Gasteiger partial charge is 0.397 e. The van der Waals surface area contributed by atoms with E-state index in [4.69, 9.17) is 17.2 Å². The molecule has 8 heavy (non-hydrogen) atoms. The fourth-order valence-electron chi connectivity index (χ4n) is 0.473. The molecule has 1 rings (SSSR count). The fourth-order valence-corrected chi connectivity index (χ4v) is 0.473. The minimum Gasteiger partial charge on any atom is -0.397 e. The Morgan fingerprint density at radius 3 is 2.12 bits per heavy atom. The molecule has 0 fully saturated rings. The minimum absolute atomic E-state index is 0.338. The second kappa shape index (κ2) is 1.53. The Morgan fingerprint density at radius 1 is 1.38 bits per heavy atom. The first-order chi connectivity index (χ1) is 3.72. The predicted octanol–water partition coefficient (Wildman–Crippen LogP) is -2.53. The van der Waals surface area contributed by atoms with Crippen molar-refractivity contribution in [1.29, 1.82) is 0 Å².